The Labute approximate surface area is 154 Å². The average molecular weight is 385 g/mol. The van der Waals surface area contributed by atoms with Crippen LogP contribution in [-0.2, 0) is 23.5 Å². The van der Waals surface area contributed by atoms with Gasteiger partial charge in [-0.3, -0.25) is 9.59 Å². The maximum atomic E-state index is 12.8. The minimum atomic E-state index is -3.49. The molecular weight excluding hydrogens is 358 g/mol. The molecule has 1 aromatic heterocycles. The Bertz CT molecular complexity index is 860. The number of pyridine rings is 1. The van der Waals surface area contributed by atoms with Crippen LogP contribution in [0.1, 0.15) is 28.5 Å². The third-order valence-electron chi connectivity index (χ3n) is 5.00. The van der Waals surface area contributed by atoms with Gasteiger partial charge in [-0.15, -0.1) is 0 Å². The first-order chi connectivity index (χ1) is 12.0. The fraction of sp³-hybridized carbons (Fsp3) is 0.647. The van der Waals surface area contributed by atoms with Crippen LogP contribution < -0.4 is 5.56 Å². The van der Waals surface area contributed by atoms with Crippen LogP contribution in [0.3, 0.4) is 0 Å². The lowest BCUT2D eigenvalue weighted by molar-refractivity contribution is 0.0762. The molecule has 1 fully saturated rings. The number of aromatic nitrogens is 1. The summed E-state index contributed by atoms with van der Waals surface area (Å²) in [6.45, 7) is 3.91. The summed E-state index contributed by atoms with van der Waals surface area (Å²) in [4.78, 5) is 26.7. The molecule has 1 aliphatic rings. The average Bonchev–Trinajstić information content (AvgIpc) is 2.91. The standard InChI is InChI=1S/C17H27N3O5S/c1-6-14-11(2)7-13(16(22)19(14)5)17(23)20-8-12(15(21)9-20)10-26(24,25)18(3)4/h7,12,15,21H,6,8-10H2,1-5H3/t12-,15+/m0/s1. The number of likely N-dealkylation sites (tertiary alicyclic amines) is 1. The molecule has 1 aliphatic heterocycles. The highest BCUT2D eigenvalue weighted by Gasteiger charge is 2.38. The zero-order chi connectivity index (χ0) is 19.8. The molecule has 0 radical (unpaired) electrons. The largest absolute Gasteiger partial charge is 0.391 e. The van der Waals surface area contributed by atoms with Gasteiger partial charge in [0.05, 0.1) is 11.9 Å². The fourth-order valence-corrected chi connectivity index (χ4v) is 4.54. The normalized spacial score (nSPS) is 20.8. The summed E-state index contributed by atoms with van der Waals surface area (Å²) in [5.41, 5.74) is 1.38. The van der Waals surface area contributed by atoms with E-state index in [1.165, 1.54) is 23.6 Å². The first-order valence-electron chi connectivity index (χ1n) is 8.56. The van der Waals surface area contributed by atoms with E-state index < -0.39 is 28.0 Å². The number of aryl methyl sites for hydroxylation is 1. The predicted molar refractivity (Wildman–Crippen MR) is 98.7 cm³/mol. The summed E-state index contributed by atoms with van der Waals surface area (Å²) in [6, 6.07) is 1.58. The van der Waals surface area contributed by atoms with Gasteiger partial charge in [0.2, 0.25) is 10.0 Å². The molecule has 26 heavy (non-hydrogen) atoms. The smallest absolute Gasteiger partial charge is 0.263 e. The molecule has 0 aromatic carbocycles. The van der Waals surface area contributed by atoms with Crippen LogP contribution in [0, 0.1) is 12.8 Å². The van der Waals surface area contributed by atoms with Gasteiger partial charge in [0.15, 0.2) is 0 Å². The SMILES string of the molecule is CCc1c(C)cc(C(=O)N2C[C@@H](CS(=O)(=O)N(C)C)[C@H](O)C2)c(=O)n1C. The molecule has 1 amide bonds. The van der Waals surface area contributed by atoms with E-state index >= 15 is 0 Å². The van der Waals surface area contributed by atoms with Gasteiger partial charge in [0.25, 0.3) is 11.5 Å². The number of carbonyl (C=O) groups is 1. The molecule has 9 heteroatoms. The van der Waals surface area contributed by atoms with Crippen molar-refractivity contribution < 1.29 is 18.3 Å². The van der Waals surface area contributed by atoms with Crippen LogP contribution in [0.15, 0.2) is 10.9 Å². The summed E-state index contributed by atoms with van der Waals surface area (Å²) >= 11 is 0. The van der Waals surface area contributed by atoms with Crippen molar-refractivity contribution in [3.05, 3.63) is 33.2 Å². The van der Waals surface area contributed by atoms with Crippen molar-refractivity contribution in [1.82, 2.24) is 13.8 Å². The lowest BCUT2D eigenvalue weighted by atomic mass is 10.1. The number of hydrogen-bond donors (Lipinski definition) is 1. The highest BCUT2D eigenvalue weighted by atomic mass is 32.2. The first-order valence-corrected chi connectivity index (χ1v) is 10.2. The van der Waals surface area contributed by atoms with Gasteiger partial charge in [0, 0.05) is 45.8 Å². The number of sulfonamides is 1. The molecule has 0 unspecified atom stereocenters. The van der Waals surface area contributed by atoms with Crippen molar-refractivity contribution in [2.45, 2.75) is 26.4 Å². The Morgan fingerprint density at radius 2 is 1.96 bits per heavy atom. The lowest BCUT2D eigenvalue weighted by Gasteiger charge is -2.19. The quantitative estimate of drug-likeness (QED) is 0.742. The van der Waals surface area contributed by atoms with E-state index in [9.17, 15) is 23.1 Å². The molecule has 0 aliphatic carbocycles. The molecule has 2 heterocycles. The van der Waals surface area contributed by atoms with Crippen LogP contribution in [0.25, 0.3) is 0 Å². The minimum Gasteiger partial charge on any atom is -0.391 e. The Kier molecular flexibility index (Phi) is 5.94. The van der Waals surface area contributed by atoms with E-state index in [-0.39, 0.29) is 30.0 Å². The summed E-state index contributed by atoms with van der Waals surface area (Å²) in [5.74, 6) is -1.29. The second-order valence-electron chi connectivity index (χ2n) is 7.00. The highest BCUT2D eigenvalue weighted by Crippen LogP contribution is 2.21. The molecule has 1 N–H and O–H groups in total. The van der Waals surface area contributed by atoms with Gasteiger partial charge in [0.1, 0.15) is 5.56 Å². The zero-order valence-corrected chi connectivity index (χ0v) is 16.7. The minimum absolute atomic E-state index is 0.0180. The zero-order valence-electron chi connectivity index (χ0n) is 15.9. The van der Waals surface area contributed by atoms with Gasteiger partial charge in [-0.2, -0.15) is 0 Å². The molecule has 2 atom stereocenters. The van der Waals surface area contributed by atoms with Crippen LogP contribution in [-0.4, -0.2) is 72.2 Å². The second-order valence-corrected chi connectivity index (χ2v) is 9.23. The second kappa shape index (κ2) is 7.50. The van der Waals surface area contributed by atoms with Gasteiger partial charge in [-0.05, 0) is 25.0 Å². The van der Waals surface area contributed by atoms with E-state index in [4.69, 9.17) is 0 Å². The summed E-state index contributed by atoms with van der Waals surface area (Å²) < 4.78 is 26.7. The molecule has 0 spiro atoms. The Morgan fingerprint density at radius 1 is 1.35 bits per heavy atom. The van der Waals surface area contributed by atoms with Gasteiger partial charge in [-0.1, -0.05) is 6.92 Å². The Morgan fingerprint density at radius 3 is 2.50 bits per heavy atom. The van der Waals surface area contributed by atoms with E-state index in [0.29, 0.717) is 6.42 Å². The van der Waals surface area contributed by atoms with E-state index in [2.05, 4.69) is 0 Å². The van der Waals surface area contributed by atoms with Gasteiger partial charge in [-0.25, -0.2) is 12.7 Å². The summed E-state index contributed by atoms with van der Waals surface area (Å²) in [7, 11) is 1.01. The number of carbonyl (C=O) groups excluding carboxylic acids is 1. The topological polar surface area (TPSA) is 99.9 Å². The Balaban J connectivity index is 2.26. The fourth-order valence-electron chi connectivity index (χ4n) is 3.37. The Hall–Kier alpha value is -1.71. The van der Waals surface area contributed by atoms with Crippen LogP contribution >= 0.6 is 0 Å². The van der Waals surface area contributed by atoms with E-state index in [1.54, 1.807) is 13.1 Å². The van der Waals surface area contributed by atoms with Crippen molar-refractivity contribution in [3.8, 4) is 0 Å². The van der Waals surface area contributed by atoms with Crippen LogP contribution in [0.5, 0.6) is 0 Å². The number of aliphatic hydroxyl groups excluding tert-OH is 1. The van der Waals surface area contributed by atoms with Crippen molar-refractivity contribution in [3.63, 3.8) is 0 Å². The molecule has 146 valence electrons. The number of rotatable bonds is 5. The molecular formula is C17H27N3O5S. The third-order valence-corrected chi connectivity index (χ3v) is 6.96. The molecule has 1 aromatic rings. The highest BCUT2D eigenvalue weighted by molar-refractivity contribution is 7.89. The molecule has 2 rings (SSSR count). The maximum Gasteiger partial charge on any atom is 0.263 e. The van der Waals surface area contributed by atoms with E-state index in [1.807, 2.05) is 13.8 Å². The summed E-state index contributed by atoms with van der Waals surface area (Å²) in [6.07, 6.45) is -0.257. The molecule has 0 saturated carbocycles. The maximum absolute atomic E-state index is 12.8. The first kappa shape index (κ1) is 20.6. The molecule has 0 bridgehead atoms. The number of aliphatic hydroxyl groups is 1. The van der Waals surface area contributed by atoms with Crippen molar-refractivity contribution in [2.24, 2.45) is 13.0 Å². The van der Waals surface area contributed by atoms with Crippen molar-refractivity contribution in [1.29, 1.82) is 0 Å². The molecule has 1 saturated heterocycles. The third kappa shape index (κ3) is 3.84. The predicted octanol–water partition coefficient (Wildman–Crippen LogP) is -0.420. The monoisotopic (exact) mass is 385 g/mol. The number of amides is 1. The number of β-amino-alcohol motifs (C(OH)–C–C–N with tert-alkyl or cyclic N) is 1. The van der Waals surface area contributed by atoms with E-state index in [0.717, 1.165) is 15.6 Å². The number of nitrogens with zero attached hydrogens (tertiary/aromatic N) is 3. The summed E-state index contributed by atoms with van der Waals surface area (Å²) in [5, 5.41) is 10.2. The van der Waals surface area contributed by atoms with Gasteiger partial charge < -0.3 is 14.6 Å². The van der Waals surface area contributed by atoms with Crippen LogP contribution in [0.2, 0.25) is 0 Å². The lowest BCUT2D eigenvalue weighted by Crippen LogP contribution is -2.37. The molecule has 8 nitrogen and oxygen atoms in total. The van der Waals surface area contributed by atoms with Crippen molar-refractivity contribution in [2.75, 3.05) is 32.9 Å². The number of hydrogen-bond acceptors (Lipinski definition) is 5. The van der Waals surface area contributed by atoms with Gasteiger partial charge >= 0.3 is 0 Å². The van der Waals surface area contributed by atoms with Crippen LogP contribution in [0.4, 0.5) is 0 Å². The van der Waals surface area contributed by atoms with Crippen molar-refractivity contribution >= 4 is 15.9 Å².